The smallest absolute Gasteiger partial charge is 0.267 e. The first-order valence-electron chi connectivity index (χ1n) is 9.04. The molecule has 6 nitrogen and oxygen atoms in total. The Bertz CT molecular complexity index is 853. The van der Waals surface area contributed by atoms with Gasteiger partial charge in [0, 0.05) is 6.54 Å². The zero-order chi connectivity index (χ0) is 20.1. The molecule has 1 amide bonds. The first-order valence-corrected chi connectivity index (χ1v) is 9.92. The summed E-state index contributed by atoms with van der Waals surface area (Å²) in [5, 5.41) is 1.83. The molecule has 2 aromatic rings. The maximum Gasteiger partial charge on any atom is 0.267 e. The molecule has 0 spiro atoms. The number of carbonyl (C=O) groups is 2. The number of halogens is 1. The van der Waals surface area contributed by atoms with Crippen molar-refractivity contribution < 1.29 is 28.2 Å². The highest BCUT2D eigenvalue weighted by atomic mass is 32.1. The van der Waals surface area contributed by atoms with E-state index in [1.807, 2.05) is 12.3 Å². The summed E-state index contributed by atoms with van der Waals surface area (Å²) in [4.78, 5) is 26.8. The number of ketones is 1. The lowest BCUT2D eigenvalue weighted by Crippen LogP contribution is -2.47. The monoisotopic (exact) mass is 407 g/mol. The van der Waals surface area contributed by atoms with E-state index < -0.39 is 5.82 Å². The molecule has 1 aromatic heterocycles. The average molecular weight is 407 g/mol. The van der Waals surface area contributed by atoms with E-state index in [9.17, 15) is 14.0 Å². The minimum atomic E-state index is -0.496. The van der Waals surface area contributed by atoms with Crippen molar-refractivity contribution in [3.8, 4) is 11.5 Å². The third-order valence-electron chi connectivity index (χ3n) is 4.29. The molecule has 1 aromatic carbocycles. The van der Waals surface area contributed by atoms with E-state index >= 15 is 0 Å². The summed E-state index contributed by atoms with van der Waals surface area (Å²) in [6, 6.07) is 5.62. The van der Waals surface area contributed by atoms with E-state index in [0.717, 1.165) is 6.07 Å². The van der Waals surface area contributed by atoms with Gasteiger partial charge in [-0.2, -0.15) is 0 Å². The van der Waals surface area contributed by atoms with E-state index in [1.54, 1.807) is 11.0 Å². The number of hydrogen-bond acceptors (Lipinski definition) is 6. The van der Waals surface area contributed by atoms with Gasteiger partial charge in [-0.25, -0.2) is 4.39 Å². The van der Waals surface area contributed by atoms with Gasteiger partial charge in [-0.05, 0) is 43.5 Å². The van der Waals surface area contributed by atoms with Gasteiger partial charge in [0.1, 0.15) is 34.9 Å². The van der Waals surface area contributed by atoms with Crippen LogP contribution in [0.4, 0.5) is 4.39 Å². The first kappa shape index (κ1) is 20.3. The number of rotatable bonds is 7. The Morgan fingerprint density at radius 2 is 2.11 bits per heavy atom. The molecular formula is C20H22FNO5S. The number of benzene rings is 1. The summed E-state index contributed by atoms with van der Waals surface area (Å²) < 4.78 is 30.3. The number of ether oxygens (including phenoxy) is 3. The third kappa shape index (κ3) is 4.69. The fraction of sp³-hybridized carbons (Fsp3) is 0.400. The second-order valence-electron chi connectivity index (χ2n) is 6.30. The van der Waals surface area contributed by atoms with Crippen LogP contribution in [0.3, 0.4) is 0 Å². The highest BCUT2D eigenvalue weighted by Gasteiger charge is 2.28. The van der Waals surface area contributed by atoms with Gasteiger partial charge < -0.3 is 19.1 Å². The van der Waals surface area contributed by atoms with Crippen molar-refractivity contribution in [2.45, 2.75) is 20.0 Å². The normalized spacial score (nSPS) is 16.7. The maximum atomic E-state index is 13.4. The molecule has 2 heterocycles. The standard InChI is InChI=1S/C20H22FNO5S/c1-3-25-18-6-9-28-19(18)20(24)22-7-8-26-15(11-22)12-27-17-5-4-14(21)10-16(17)13(2)23/h4-6,9-10,15H,3,7-8,11-12H2,1-2H3. The quantitative estimate of drug-likeness (QED) is 0.658. The molecular weight excluding hydrogens is 385 g/mol. The summed E-state index contributed by atoms with van der Waals surface area (Å²) in [6.45, 7) is 5.10. The topological polar surface area (TPSA) is 65.1 Å². The van der Waals surface area contributed by atoms with E-state index in [0.29, 0.717) is 42.7 Å². The van der Waals surface area contributed by atoms with Crippen LogP contribution in [0.5, 0.6) is 11.5 Å². The van der Waals surface area contributed by atoms with Crippen molar-refractivity contribution in [1.29, 1.82) is 0 Å². The summed E-state index contributed by atoms with van der Waals surface area (Å²) in [5.74, 6) is 0.0197. The van der Waals surface area contributed by atoms with Crippen LogP contribution >= 0.6 is 11.3 Å². The molecule has 1 aliphatic heterocycles. The molecule has 28 heavy (non-hydrogen) atoms. The summed E-state index contributed by atoms with van der Waals surface area (Å²) in [6.07, 6.45) is -0.349. The highest BCUT2D eigenvalue weighted by Crippen LogP contribution is 2.27. The van der Waals surface area contributed by atoms with Crippen molar-refractivity contribution >= 4 is 23.0 Å². The van der Waals surface area contributed by atoms with E-state index in [2.05, 4.69) is 0 Å². The number of amides is 1. The fourth-order valence-electron chi connectivity index (χ4n) is 2.96. The largest absolute Gasteiger partial charge is 0.492 e. The van der Waals surface area contributed by atoms with Crippen LogP contribution in [0, 0.1) is 5.82 Å². The number of nitrogens with zero attached hydrogens (tertiary/aromatic N) is 1. The summed E-state index contributed by atoms with van der Waals surface area (Å²) >= 11 is 1.35. The van der Waals surface area contributed by atoms with Crippen LogP contribution in [0.25, 0.3) is 0 Å². The Morgan fingerprint density at radius 3 is 2.86 bits per heavy atom. The third-order valence-corrected chi connectivity index (χ3v) is 5.18. The van der Waals surface area contributed by atoms with Crippen LogP contribution in [-0.4, -0.2) is 55.6 Å². The van der Waals surface area contributed by atoms with Crippen LogP contribution in [0.15, 0.2) is 29.6 Å². The Labute approximate surface area is 166 Å². The predicted octanol–water partition coefficient (Wildman–Crippen LogP) is 3.41. The van der Waals surface area contributed by atoms with E-state index in [-0.39, 0.29) is 30.0 Å². The minimum Gasteiger partial charge on any atom is -0.492 e. The molecule has 1 fully saturated rings. The van der Waals surface area contributed by atoms with Crippen LogP contribution in [-0.2, 0) is 4.74 Å². The number of Topliss-reactive ketones (excluding diaryl/α,β-unsaturated/α-hetero) is 1. The van der Waals surface area contributed by atoms with Gasteiger partial charge in [-0.1, -0.05) is 0 Å². The molecule has 1 aliphatic rings. The highest BCUT2D eigenvalue weighted by molar-refractivity contribution is 7.12. The van der Waals surface area contributed by atoms with Crippen molar-refractivity contribution in [2.24, 2.45) is 0 Å². The second kappa shape index (κ2) is 9.16. The molecule has 1 unspecified atom stereocenters. The molecule has 0 N–H and O–H groups in total. The Morgan fingerprint density at radius 1 is 1.29 bits per heavy atom. The molecule has 0 radical (unpaired) electrons. The molecule has 0 aliphatic carbocycles. The second-order valence-corrected chi connectivity index (χ2v) is 7.21. The summed E-state index contributed by atoms with van der Waals surface area (Å²) in [7, 11) is 0. The Kier molecular flexibility index (Phi) is 6.64. The molecule has 150 valence electrons. The van der Waals surface area contributed by atoms with Gasteiger partial charge in [-0.15, -0.1) is 11.3 Å². The van der Waals surface area contributed by atoms with Crippen molar-refractivity contribution in [3.63, 3.8) is 0 Å². The molecule has 0 saturated carbocycles. The van der Waals surface area contributed by atoms with Crippen molar-refractivity contribution in [1.82, 2.24) is 4.90 Å². The number of hydrogen-bond donors (Lipinski definition) is 0. The zero-order valence-electron chi connectivity index (χ0n) is 15.8. The van der Waals surface area contributed by atoms with Gasteiger partial charge in [0.15, 0.2) is 5.78 Å². The molecule has 1 saturated heterocycles. The van der Waals surface area contributed by atoms with E-state index in [1.165, 1.54) is 30.4 Å². The lowest BCUT2D eigenvalue weighted by atomic mass is 10.1. The lowest BCUT2D eigenvalue weighted by Gasteiger charge is -2.32. The van der Waals surface area contributed by atoms with E-state index in [4.69, 9.17) is 14.2 Å². The van der Waals surface area contributed by atoms with Crippen LogP contribution < -0.4 is 9.47 Å². The van der Waals surface area contributed by atoms with Crippen LogP contribution in [0.2, 0.25) is 0 Å². The molecule has 3 rings (SSSR count). The Hall–Kier alpha value is -2.45. The molecule has 0 bridgehead atoms. The Balaban J connectivity index is 1.63. The van der Waals surface area contributed by atoms with Crippen LogP contribution in [0.1, 0.15) is 33.9 Å². The molecule has 8 heteroatoms. The minimum absolute atomic E-state index is 0.0991. The predicted molar refractivity (Wildman–Crippen MR) is 103 cm³/mol. The SMILES string of the molecule is CCOc1ccsc1C(=O)N1CCOC(COc2ccc(F)cc2C(C)=O)C1. The van der Waals surface area contributed by atoms with Gasteiger partial charge in [0.25, 0.3) is 5.91 Å². The van der Waals surface area contributed by atoms with Gasteiger partial charge in [0.05, 0.1) is 25.3 Å². The van der Waals surface area contributed by atoms with Crippen molar-refractivity contribution in [3.05, 3.63) is 45.9 Å². The summed E-state index contributed by atoms with van der Waals surface area (Å²) in [5.41, 5.74) is 0.184. The lowest BCUT2D eigenvalue weighted by molar-refractivity contribution is -0.0401. The first-order chi connectivity index (χ1) is 13.5. The van der Waals surface area contributed by atoms with Gasteiger partial charge in [-0.3, -0.25) is 9.59 Å². The number of morpholine rings is 1. The van der Waals surface area contributed by atoms with Gasteiger partial charge in [0.2, 0.25) is 0 Å². The number of carbonyl (C=O) groups excluding carboxylic acids is 2. The average Bonchev–Trinajstić information content (AvgIpc) is 3.15. The molecule has 1 atom stereocenters. The zero-order valence-corrected chi connectivity index (χ0v) is 16.6. The fourth-order valence-corrected chi connectivity index (χ4v) is 3.76. The van der Waals surface area contributed by atoms with Gasteiger partial charge >= 0.3 is 0 Å². The number of thiophene rings is 1. The maximum absolute atomic E-state index is 13.4. The van der Waals surface area contributed by atoms with Crippen molar-refractivity contribution in [2.75, 3.05) is 32.9 Å².